The van der Waals surface area contributed by atoms with Crippen molar-refractivity contribution >= 4 is 22.9 Å². The van der Waals surface area contributed by atoms with Gasteiger partial charge in [-0.25, -0.2) is 4.98 Å². The third-order valence-corrected chi connectivity index (χ3v) is 6.26. The Labute approximate surface area is 174 Å². The van der Waals surface area contributed by atoms with E-state index >= 15 is 0 Å². The number of aromatic nitrogens is 1. The van der Waals surface area contributed by atoms with E-state index in [1.807, 2.05) is 26.0 Å². The van der Waals surface area contributed by atoms with Crippen molar-refractivity contribution in [3.63, 3.8) is 0 Å². The zero-order valence-electron chi connectivity index (χ0n) is 16.9. The molecule has 0 saturated heterocycles. The summed E-state index contributed by atoms with van der Waals surface area (Å²) in [6.45, 7) is 5.80. The number of nitrogens with zero attached hydrogens (tertiary/aromatic N) is 3. The molecule has 6 nitrogen and oxygen atoms in total. The SMILES string of the molecule is CCc1ccc(-c2nc(C)c(C(=O)N(C)C(C)c3cccc([N+](=O)[O-])c3)s2)cc1. The highest BCUT2D eigenvalue weighted by molar-refractivity contribution is 7.17. The van der Waals surface area contributed by atoms with Crippen molar-refractivity contribution in [1.82, 2.24) is 9.88 Å². The zero-order valence-corrected chi connectivity index (χ0v) is 17.7. The van der Waals surface area contributed by atoms with E-state index in [1.165, 1.54) is 29.0 Å². The smallest absolute Gasteiger partial charge is 0.269 e. The van der Waals surface area contributed by atoms with E-state index in [1.54, 1.807) is 24.1 Å². The molecule has 29 heavy (non-hydrogen) atoms. The summed E-state index contributed by atoms with van der Waals surface area (Å²) in [7, 11) is 1.71. The van der Waals surface area contributed by atoms with Gasteiger partial charge in [0, 0.05) is 24.7 Å². The van der Waals surface area contributed by atoms with Crippen LogP contribution in [0.2, 0.25) is 0 Å². The van der Waals surface area contributed by atoms with Gasteiger partial charge in [0.1, 0.15) is 9.88 Å². The van der Waals surface area contributed by atoms with Gasteiger partial charge in [-0.1, -0.05) is 43.3 Å². The summed E-state index contributed by atoms with van der Waals surface area (Å²) in [5, 5.41) is 11.9. The van der Waals surface area contributed by atoms with Crippen LogP contribution in [0, 0.1) is 17.0 Å². The Kier molecular flexibility index (Phi) is 6.08. The summed E-state index contributed by atoms with van der Waals surface area (Å²) < 4.78 is 0. The molecule has 3 aromatic rings. The van der Waals surface area contributed by atoms with E-state index in [4.69, 9.17) is 0 Å². The summed E-state index contributed by atoms with van der Waals surface area (Å²) in [6.07, 6.45) is 0.973. The van der Waals surface area contributed by atoms with Crippen molar-refractivity contribution < 1.29 is 9.72 Å². The number of aryl methyl sites for hydroxylation is 2. The van der Waals surface area contributed by atoms with Crippen LogP contribution in [0.1, 0.15) is 46.4 Å². The van der Waals surface area contributed by atoms with Crippen LogP contribution >= 0.6 is 11.3 Å². The maximum absolute atomic E-state index is 13.1. The quantitative estimate of drug-likeness (QED) is 0.402. The zero-order chi connectivity index (χ0) is 21.1. The van der Waals surface area contributed by atoms with Gasteiger partial charge in [-0.3, -0.25) is 14.9 Å². The average Bonchev–Trinajstić information content (AvgIpc) is 3.13. The molecule has 1 aromatic heterocycles. The van der Waals surface area contributed by atoms with Crippen LogP contribution in [0.5, 0.6) is 0 Å². The molecule has 3 rings (SSSR count). The first kappa shape index (κ1) is 20.7. The number of carbonyl (C=O) groups is 1. The molecule has 0 aliphatic heterocycles. The highest BCUT2D eigenvalue weighted by atomic mass is 32.1. The van der Waals surface area contributed by atoms with Crippen molar-refractivity contribution in [2.45, 2.75) is 33.2 Å². The molecule has 0 aliphatic rings. The van der Waals surface area contributed by atoms with Gasteiger partial charge in [-0.2, -0.15) is 0 Å². The average molecular weight is 410 g/mol. The minimum Gasteiger partial charge on any atom is -0.334 e. The van der Waals surface area contributed by atoms with E-state index in [0.29, 0.717) is 16.1 Å². The Morgan fingerprint density at radius 2 is 1.93 bits per heavy atom. The summed E-state index contributed by atoms with van der Waals surface area (Å²) in [5.74, 6) is -0.143. The van der Waals surface area contributed by atoms with Gasteiger partial charge in [0.2, 0.25) is 0 Å². The number of carbonyl (C=O) groups excluding carboxylic acids is 1. The molecule has 0 radical (unpaired) electrons. The molecule has 2 aromatic carbocycles. The lowest BCUT2D eigenvalue weighted by molar-refractivity contribution is -0.384. The molecule has 0 spiro atoms. The van der Waals surface area contributed by atoms with E-state index in [0.717, 1.165) is 17.0 Å². The molecule has 1 amide bonds. The maximum Gasteiger partial charge on any atom is 0.269 e. The van der Waals surface area contributed by atoms with Gasteiger partial charge in [0.15, 0.2) is 0 Å². The second kappa shape index (κ2) is 8.53. The molecule has 1 unspecified atom stereocenters. The second-order valence-electron chi connectivity index (χ2n) is 6.93. The minimum absolute atomic E-state index is 0.0157. The van der Waals surface area contributed by atoms with Gasteiger partial charge in [-0.15, -0.1) is 11.3 Å². The summed E-state index contributed by atoms with van der Waals surface area (Å²) >= 11 is 1.37. The number of hydrogen-bond donors (Lipinski definition) is 0. The highest BCUT2D eigenvalue weighted by Gasteiger charge is 2.24. The molecule has 7 heteroatoms. The molecule has 0 saturated carbocycles. The minimum atomic E-state index is -0.429. The Balaban J connectivity index is 1.84. The number of nitro groups is 1. The number of nitro benzene ring substituents is 1. The number of hydrogen-bond acceptors (Lipinski definition) is 5. The Morgan fingerprint density at radius 3 is 2.55 bits per heavy atom. The molecule has 150 valence electrons. The number of non-ortho nitro benzene ring substituents is 1. The molecule has 0 aliphatic carbocycles. The number of rotatable bonds is 6. The van der Waals surface area contributed by atoms with Crippen LogP contribution in [0.15, 0.2) is 48.5 Å². The van der Waals surface area contributed by atoms with E-state index in [-0.39, 0.29) is 17.6 Å². The fourth-order valence-electron chi connectivity index (χ4n) is 3.06. The number of thiazole rings is 1. The lowest BCUT2D eigenvalue weighted by Crippen LogP contribution is -2.29. The van der Waals surface area contributed by atoms with E-state index in [9.17, 15) is 14.9 Å². The van der Waals surface area contributed by atoms with Crippen molar-refractivity contribution in [3.05, 3.63) is 80.3 Å². The van der Waals surface area contributed by atoms with Crippen LogP contribution in [0.25, 0.3) is 10.6 Å². The van der Waals surface area contributed by atoms with Gasteiger partial charge in [0.25, 0.3) is 11.6 Å². The van der Waals surface area contributed by atoms with Crippen LogP contribution in [0.3, 0.4) is 0 Å². The Morgan fingerprint density at radius 1 is 1.24 bits per heavy atom. The predicted molar refractivity (Wildman–Crippen MR) is 115 cm³/mol. The third kappa shape index (κ3) is 4.35. The monoisotopic (exact) mass is 409 g/mol. The third-order valence-electron chi connectivity index (χ3n) is 5.06. The fraction of sp³-hybridized carbons (Fsp3) is 0.273. The van der Waals surface area contributed by atoms with Crippen molar-refractivity contribution in [1.29, 1.82) is 0 Å². The summed E-state index contributed by atoms with van der Waals surface area (Å²) in [6, 6.07) is 14.3. The Hall–Kier alpha value is -3.06. The summed E-state index contributed by atoms with van der Waals surface area (Å²) in [5.41, 5.74) is 3.66. The molecular weight excluding hydrogens is 386 g/mol. The topological polar surface area (TPSA) is 76.3 Å². The predicted octanol–water partition coefficient (Wildman–Crippen LogP) is 5.42. The van der Waals surface area contributed by atoms with Crippen LogP contribution in [-0.2, 0) is 6.42 Å². The van der Waals surface area contributed by atoms with Crippen molar-refractivity contribution in [3.8, 4) is 10.6 Å². The normalized spacial score (nSPS) is 11.9. The standard InChI is InChI=1S/C22H23N3O3S/c1-5-16-9-11-17(12-10-16)21-23-14(2)20(29-21)22(26)24(4)15(3)18-7-6-8-19(13-18)25(27)28/h6-13,15H,5H2,1-4H3. The maximum atomic E-state index is 13.1. The van der Waals surface area contributed by atoms with Gasteiger partial charge < -0.3 is 4.90 Å². The summed E-state index contributed by atoms with van der Waals surface area (Å²) in [4.78, 5) is 30.5. The molecule has 0 N–H and O–H groups in total. The second-order valence-corrected chi connectivity index (χ2v) is 7.93. The van der Waals surface area contributed by atoms with E-state index < -0.39 is 4.92 Å². The largest absolute Gasteiger partial charge is 0.334 e. The molecule has 1 heterocycles. The molecule has 0 fully saturated rings. The first-order valence-electron chi connectivity index (χ1n) is 9.40. The lowest BCUT2D eigenvalue weighted by Gasteiger charge is -2.25. The molecular formula is C22H23N3O3S. The molecule has 1 atom stereocenters. The van der Waals surface area contributed by atoms with Gasteiger partial charge in [0.05, 0.1) is 16.7 Å². The van der Waals surface area contributed by atoms with Crippen LogP contribution in [0.4, 0.5) is 5.69 Å². The van der Waals surface area contributed by atoms with Crippen LogP contribution < -0.4 is 0 Å². The van der Waals surface area contributed by atoms with Crippen molar-refractivity contribution in [2.75, 3.05) is 7.05 Å². The molecule has 0 bridgehead atoms. The number of amides is 1. The fourth-order valence-corrected chi connectivity index (χ4v) is 4.11. The lowest BCUT2D eigenvalue weighted by atomic mass is 10.1. The first-order chi connectivity index (χ1) is 13.8. The Bertz CT molecular complexity index is 1040. The van der Waals surface area contributed by atoms with Crippen molar-refractivity contribution in [2.24, 2.45) is 0 Å². The van der Waals surface area contributed by atoms with Gasteiger partial charge >= 0.3 is 0 Å². The number of benzene rings is 2. The van der Waals surface area contributed by atoms with Gasteiger partial charge in [-0.05, 0) is 31.4 Å². The highest BCUT2D eigenvalue weighted by Crippen LogP contribution is 2.31. The first-order valence-corrected chi connectivity index (χ1v) is 10.2. The van der Waals surface area contributed by atoms with Crippen LogP contribution in [-0.4, -0.2) is 27.8 Å². The van der Waals surface area contributed by atoms with E-state index in [2.05, 4.69) is 24.0 Å².